The highest BCUT2D eigenvalue weighted by atomic mass is 32.2. The third-order valence-corrected chi connectivity index (χ3v) is 7.56. The summed E-state index contributed by atoms with van der Waals surface area (Å²) in [5.41, 5.74) is -0.0119. The lowest BCUT2D eigenvalue weighted by molar-refractivity contribution is -0.138. The molecule has 1 aliphatic rings. The molecule has 1 aliphatic heterocycles. The molecule has 13 heteroatoms. The average Bonchev–Trinajstić information content (AvgIpc) is 2.92. The Bertz CT molecular complexity index is 1370. The second-order valence-corrected chi connectivity index (χ2v) is 10.4. The quantitative estimate of drug-likeness (QED) is 0.301. The van der Waals surface area contributed by atoms with E-state index in [0.717, 1.165) is 0 Å². The second-order valence-electron chi connectivity index (χ2n) is 8.65. The fourth-order valence-electron chi connectivity index (χ4n) is 4.08. The lowest BCUT2D eigenvalue weighted by Gasteiger charge is -2.34. The third-order valence-electron chi connectivity index (χ3n) is 6.07. The van der Waals surface area contributed by atoms with Crippen molar-refractivity contribution < 1.29 is 27.5 Å². The van der Waals surface area contributed by atoms with Crippen LogP contribution in [0.25, 0.3) is 0 Å². The number of amides is 1. The molecule has 1 amide bonds. The van der Waals surface area contributed by atoms with Crippen LogP contribution in [-0.4, -0.2) is 67.1 Å². The Labute approximate surface area is 219 Å². The molecule has 1 aromatic heterocycles. The maximum Gasteiger partial charge on any atom is 0.323 e. The minimum Gasteiger partial charge on any atom is -0.480 e. The van der Waals surface area contributed by atoms with Crippen molar-refractivity contribution in [2.24, 2.45) is 0 Å². The van der Waals surface area contributed by atoms with Gasteiger partial charge in [0.05, 0.1) is 16.1 Å². The van der Waals surface area contributed by atoms with Crippen LogP contribution < -0.4 is 20.3 Å². The van der Waals surface area contributed by atoms with Crippen LogP contribution in [-0.2, 0) is 14.8 Å². The third kappa shape index (κ3) is 6.61. The van der Waals surface area contributed by atoms with Gasteiger partial charge in [0, 0.05) is 38.1 Å². The first-order chi connectivity index (χ1) is 18.2. The summed E-state index contributed by atoms with van der Waals surface area (Å²) >= 11 is 0. The van der Waals surface area contributed by atoms with E-state index in [1.165, 1.54) is 30.3 Å². The Hall–Kier alpha value is -4.10. The molecule has 1 atom stereocenters. The maximum atomic E-state index is 15.4. The molecule has 2 heterocycles. The minimum absolute atomic E-state index is 0.119. The molecule has 11 nitrogen and oxygen atoms in total. The normalized spacial score (nSPS) is 15.0. The molecule has 0 aliphatic carbocycles. The van der Waals surface area contributed by atoms with E-state index in [9.17, 15) is 23.1 Å². The van der Waals surface area contributed by atoms with E-state index in [1.807, 2.05) is 4.90 Å². The summed E-state index contributed by atoms with van der Waals surface area (Å²) < 4.78 is 42.4. The molecule has 0 spiro atoms. The number of carboxylic acids is 1. The molecule has 38 heavy (non-hydrogen) atoms. The predicted octanol–water partition coefficient (Wildman–Crippen LogP) is 1.86. The van der Waals surface area contributed by atoms with E-state index in [1.54, 1.807) is 36.7 Å². The van der Waals surface area contributed by atoms with Crippen LogP contribution in [0, 0.1) is 5.82 Å². The summed E-state index contributed by atoms with van der Waals surface area (Å²) in [5.74, 6) is -2.55. The van der Waals surface area contributed by atoms with Crippen molar-refractivity contribution in [3.05, 3.63) is 78.4 Å². The van der Waals surface area contributed by atoms with Gasteiger partial charge in [0.2, 0.25) is 16.0 Å². The van der Waals surface area contributed by atoms with Crippen molar-refractivity contribution in [3.8, 4) is 0 Å². The number of aromatic nitrogens is 2. The number of anilines is 2. The van der Waals surface area contributed by atoms with Gasteiger partial charge in [-0.2, -0.15) is 4.72 Å². The van der Waals surface area contributed by atoms with E-state index >= 15 is 4.39 Å². The van der Waals surface area contributed by atoms with Gasteiger partial charge < -0.3 is 20.6 Å². The highest BCUT2D eigenvalue weighted by molar-refractivity contribution is 7.89. The van der Waals surface area contributed by atoms with E-state index in [0.29, 0.717) is 31.9 Å². The van der Waals surface area contributed by atoms with Gasteiger partial charge in [-0.05, 0) is 43.2 Å². The molecular weight excluding hydrogens is 515 g/mol. The molecule has 0 saturated carbocycles. The number of aliphatic carboxylic acids is 1. The zero-order valence-electron chi connectivity index (χ0n) is 20.2. The number of hydrogen-bond acceptors (Lipinski definition) is 8. The molecular formula is C25H27FN6O5S. The van der Waals surface area contributed by atoms with Crippen molar-refractivity contribution in [2.45, 2.75) is 29.8 Å². The smallest absolute Gasteiger partial charge is 0.323 e. The molecule has 0 radical (unpaired) electrons. The molecule has 1 fully saturated rings. The Kier molecular flexibility index (Phi) is 8.48. The first kappa shape index (κ1) is 26.9. The van der Waals surface area contributed by atoms with Gasteiger partial charge in [0.15, 0.2) is 5.82 Å². The fraction of sp³-hybridized carbons (Fsp3) is 0.280. The molecule has 1 saturated heterocycles. The number of nitrogens with one attached hydrogen (secondary N) is 3. The number of carbonyl (C=O) groups is 2. The number of halogens is 1. The summed E-state index contributed by atoms with van der Waals surface area (Å²) in [7, 11) is -4.15. The number of hydrogen-bond donors (Lipinski definition) is 4. The Morgan fingerprint density at radius 2 is 1.71 bits per heavy atom. The van der Waals surface area contributed by atoms with Gasteiger partial charge in [0.25, 0.3) is 5.91 Å². The standard InChI is InChI=1S/C25H27FN6O5S/c26-22-19(23(33)29-16-20(24(34)35)31-38(36,37)18-6-2-1-3-7-18)8-4-9-21(22)32-14-10-17(11-15-32)30-25-27-12-5-13-28-25/h1-9,12-13,17,20,31H,10-11,14-16H2,(H,29,33)(H,34,35)(H,27,28,30)/t20-/m0/s1. The van der Waals surface area contributed by atoms with Gasteiger partial charge >= 0.3 is 5.97 Å². The number of sulfonamides is 1. The Morgan fingerprint density at radius 3 is 2.37 bits per heavy atom. The van der Waals surface area contributed by atoms with Crippen LogP contribution in [0.4, 0.5) is 16.0 Å². The van der Waals surface area contributed by atoms with Gasteiger partial charge in [-0.1, -0.05) is 24.3 Å². The predicted molar refractivity (Wildman–Crippen MR) is 138 cm³/mol. The lowest BCUT2D eigenvalue weighted by atomic mass is 10.0. The number of rotatable bonds is 10. The van der Waals surface area contributed by atoms with Crippen molar-refractivity contribution in [3.63, 3.8) is 0 Å². The Balaban J connectivity index is 1.37. The van der Waals surface area contributed by atoms with Crippen LogP contribution in [0.1, 0.15) is 23.2 Å². The van der Waals surface area contributed by atoms with Crippen LogP contribution in [0.2, 0.25) is 0 Å². The fourth-order valence-corrected chi connectivity index (χ4v) is 5.29. The van der Waals surface area contributed by atoms with Crippen LogP contribution in [0.3, 0.4) is 0 Å². The maximum absolute atomic E-state index is 15.4. The molecule has 3 aromatic rings. The monoisotopic (exact) mass is 542 g/mol. The zero-order valence-corrected chi connectivity index (χ0v) is 21.1. The number of carboxylic acid groups (broad SMARTS) is 1. The van der Waals surface area contributed by atoms with E-state index in [4.69, 9.17) is 0 Å². The largest absolute Gasteiger partial charge is 0.480 e. The molecule has 0 unspecified atom stereocenters. The van der Waals surface area contributed by atoms with Crippen molar-refractivity contribution in [1.82, 2.24) is 20.0 Å². The van der Waals surface area contributed by atoms with Gasteiger partial charge in [-0.25, -0.2) is 22.8 Å². The zero-order chi connectivity index (χ0) is 27.1. The summed E-state index contributed by atoms with van der Waals surface area (Å²) in [6, 6.07) is 11.8. The van der Waals surface area contributed by atoms with Crippen LogP contribution in [0.15, 0.2) is 71.9 Å². The number of piperidine rings is 1. The second kappa shape index (κ2) is 12.0. The SMILES string of the molecule is O=C(NC[C@H](NS(=O)(=O)c1ccccc1)C(=O)O)c1cccc(N2CCC(Nc3ncccn3)CC2)c1F. The molecule has 0 bridgehead atoms. The summed E-state index contributed by atoms with van der Waals surface area (Å²) in [5, 5.41) is 15.1. The highest BCUT2D eigenvalue weighted by Crippen LogP contribution is 2.26. The number of carbonyl (C=O) groups excluding carboxylic acids is 1. The van der Waals surface area contributed by atoms with Gasteiger partial charge in [-0.3, -0.25) is 9.59 Å². The molecule has 4 N–H and O–H groups in total. The van der Waals surface area contributed by atoms with Crippen molar-refractivity contribution in [1.29, 1.82) is 0 Å². The first-order valence-corrected chi connectivity index (χ1v) is 13.4. The summed E-state index contributed by atoms with van der Waals surface area (Å²) in [6.07, 6.45) is 4.70. The number of nitrogens with zero attached hydrogens (tertiary/aromatic N) is 3. The van der Waals surface area contributed by atoms with E-state index in [2.05, 4.69) is 25.3 Å². The summed E-state index contributed by atoms with van der Waals surface area (Å²) in [4.78, 5) is 34.4. The van der Waals surface area contributed by atoms with Crippen molar-refractivity contribution in [2.75, 3.05) is 29.9 Å². The van der Waals surface area contributed by atoms with Crippen LogP contribution >= 0.6 is 0 Å². The topological polar surface area (TPSA) is 154 Å². The first-order valence-electron chi connectivity index (χ1n) is 11.9. The highest BCUT2D eigenvalue weighted by Gasteiger charge is 2.28. The van der Waals surface area contributed by atoms with Gasteiger partial charge in [-0.15, -0.1) is 0 Å². The molecule has 2 aromatic carbocycles. The van der Waals surface area contributed by atoms with Crippen molar-refractivity contribution >= 4 is 33.5 Å². The number of benzene rings is 2. The Morgan fingerprint density at radius 1 is 1.03 bits per heavy atom. The minimum atomic E-state index is -4.15. The van der Waals surface area contributed by atoms with Crippen LogP contribution in [0.5, 0.6) is 0 Å². The molecule has 200 valence electrons. The lowest BCUT2D eigenvalue weighted by Crippen LogP contribution is -2.48. The average molecular weight is 543 g/mol. The van der Waals surface area contributed by atoms with E-state index < -0.39 is 40.3 Å². The van der Waals surface area contributed by atoms with E-state index in [-0.39, 0.29) is 22.2 Å². The molecule has 4 rings (SSSR count). The van der Waals surface area contributed by atoms with Gasteiger partial charge in [0.1, 0.15) is 6.04 Å². The summed E-state index contributed by atoms with van der Waals surface area (Å²) in [6.45, 7) is 0.492.